The largest absolute Gasteiger partial charge is 0.497 e. The van der Waals surface area contributed by atoms with Crippen LogP contribution < -0.4 is 9.64 Å². The Morgan fingerprint density at radius 3 is 2.54 bits per heavy atom. The average molecular weight is 371 g/mol. The van der Waals surface area contributed by atoms with Crippen molar-refractivity contribution in [2.24, 2.45) is 0 Å². The highest BCUT2D eigenvalue weighted by Gasteiger charge is 2.24. The molecule has 7 heteroatoms. The predicted molar refractivity (Wildman–Crippen MR) is 101 cm³/mol. The molecule has 3 aromatic rings. The van der Waals surface area contributed by atoms with E-state index in [1.165, 1.54) is 23.5 Å². The first-order valence-electron chi connectivity index (χ1n) is 8.38. The molecule has 0 aliphatic carbocycles. The Hall–Kier alpha value is -2.67. The number of ether oxygens (including phenoxy) is 1. The summed E-state index contributed by atoms with van der Waals surface area (Å²) in [5, 5.41) is 0.503. The summed E-state index contributed by atoms with van der Waals surface area (Å²) in [6.07, 6.45) is 0. The van der Waals surface area contributed by atoms with Crippen LogP contribution in [0.3, 0.4) is 0 Å². The number of thiazole rings is 1. The van der Waals surface area contributed by atoms with Gasteiger partial charge < -0.3 is 14.5 Å². The van der Waals surface area contributed by atoms with Crippen LogP contribution in [0, 0.1) is 5.82 Å². The summed E-state index contributed by atoms with van der Waals surface area (Å²) < 4.78 is 19.2. The quantitative estimate of drug-likeness (QED) is 0.708. The van der Waals surface area contributed by atoms with Gasteiger partial charge in [-0.1, -0.05) is 0 Å². The van der Waals surface area contributed by atoms with Crippen molar-refractivity contribution in [3.05, 3.63) is 53.3 Å². The van der Waals surface area contributed by atoms with E-state index in [1.807, 2.05) is 23.1 Å². The maximum Gasteiger partial charge on any atom is 0.282 e. The molecule has 0 atom stereocenters. The van der Waals surface area contributed by atoms with Crippen LogP contribution in [0.15, 0.2) is 42.5 Å². The van der Waals surface area contributed by atoms with Gasteiger partial charge in [0.1, 0.15) is 11.6 Å². The highest BCUT2D eigenvalue weighted by molar-refractivity contribution is 7.20. The van der Waals surface area contributed by atoms with Crippen LogP contribution in [0.5, 0.6) is 5.75 Å². The predicted octanol–water partition coefficient (Wildman–Crippen LogP) is 3.41. The molecule has 0 radical (unpaired) electrons. The number of piperazine rings is 1. The lowest BCUT2D eigenvalue weighted by atomic mass is 10.2. The molecule has 1 saturated heterocycles. The summed E-state index contributed by atoms with van der Waals surface area (Å²) in [5.74, 6) is 0.479. The minimum atomic E-state index is -0.241. The Morgan fingerprint density at radius 2 is 1.85 bits per heavy atom. The molecule has 1 fully saturated rings. The molecule has 1 aliphatic heterocycles. The zero-order chi connectivity index (χ0) is 18.1. The lowest BCUT2D eigenvalue weighted by Gasteiger charge is -2.35. The first kappa shape index (κ1) is 16.8. The molecule has 0 unspecified atom stereocenters. The van der Waals surface area contributed by atoms with Gasteiger partial charge in [0.2, 0.25) is 0 Å². The van der Waals surface area contributed by atoms with Crippen LogP contribution in [0.4, 0.5) is 10.1 Å². The van der Waals surface area contributed by atoms with Crippen LogP contribution in [0.1, 0.15) is 9.80 Å². The second-order valence-electron chi connectivity index (χ2n) is 6.11. The highest BCUT2D eigenvalue weighted by atomic mass is 32.1. The fourth-order valence-electron chi connectivity index (χ4n) is 3.08. The van der Waals surface area contributed by atoms with E-state index in [4.69, 9.17) is 4.74 Å². The molecule has 5 nitrogen and oxygen atoms in total. The number of fused-ring (bicyclic) bond motifs is 1. The van der Waals surface area contributed by atoms with Gasteiger partial charge >= 0.3 is 0 Å². The number of methoxy groups -OCH3 is 1. The van der Waals surface area contributed by atoms with Crippen molar-refractivity contribution in [1.29, 1.82) is 0 Å². The summed E-state index contributed by atoms with van der Waals surface area (Å²) >= 11 is 1.39. The Morgan fingerprint density at radius 1 is 1.12 bits per heavy atom. The Labute approximate surface area is 154 Å². The van der Waals surface area contributed by atoms with E-state index in [9.17, 15) is 9.18 Å². The number of rotatable bonds is 3. The molecule has 0 bridgehead atoms. The van der Waals surface area contributed by atoms with Crippen LogP contribution in [-0.4, -0.2) is 49.1 Å². The van der Waals surface area contributed by atoms with Gasteiger partial charge in [-0.15, -0.1) is 11.3 Å². The molecular weight excluding hydrogens is 353 g/mol. The second kappa shape index (κ2) is 6.92. The number of benzene rings is 2. The average Bonchev–Trinajstić information content (AvgIpc) is 3.11. The van der Waals surface area contributed by atoms with Crippen molar-refractivity contribution in [3.63, 3.8) is 0 Å². The van der Waals surface area contributed by atoms with Gasteiger partial charge in [0, 0.05) is 31.9 Å². The third kappa shape index (κ3) is 3.22. The van der Waals surface area contributed by atoms with E-state index in [2.05, 4.69) is 9.88 Å². The fraction of sp³-hybridized carbons (Fsp3) is 0.263. The Bertz CT molecular complexity index is 934. The fourth-order valence-corrected chi connectivity index (χ4v) is 4.04. The van der Waals surface area contributed by atoms with Gasteiger partial charge in [0.25, 0.3) is 5.91 Å². The number of amides is 1. The number of aromatic nitrogens is 1. The van der Waals surface area contributed by atoms with Crippen LogP contribution >= 0.6 is 11.3 Å². The van der Waals surface area contributed by atoms with E-state index in [1.54, 1.807) is 19.2 Å². The van der Waals surface area contributed by atoms with E-state index >= 15 is 0 Å². The van der Waals surface area contributed by atoms with Crippen LogP contribution in [0.25, 0.3) is 10.2 Å². The van der Waals surface area contributed by atoms with Crippen molar-refractivity contribution in [1.82, 2.24) is 9.88 Å². The van der Waals surface area contributed by atoms with Crippen molar-refractivity contribution in [2.75, 3.05) is 38.2 Å². The van der Waals surface area contributed by atoms with Gasteiger partial charge in [0.05, 0.1) is 17.3 Å². The molecule has 26 heavy (non-hydrogen) atoms. The molecule has 0 spiro atoms. The molecule has 0 N–H and O–H groups in total. The van der Waals surface area contributed by atoms with Gasteiger partial charge in [-0.05, 0) is 42.5 Å². The number of hydrogen-bond donors (Lipinski definition) is 0. The van der Waals surface area contributed by atoms with E-state index in [0.29, 0.717) is 18.1 Å². The first-order chi connectivity index (χ1) is 12.6. The molecular formula is C19H18FN3O2S. The molecule has 4 rings (SSSR count). The summed E-state index contributed by atoms with van der Waals surface area (Å²) in [4.78, 5) is 21.2. The summed E-state index contributed by atoms with van der Waals surface area (Å²) in [7, 11) is 1.62. The molecule has 2 heterocycles. The summed E-state index contributed by atoms with van der Waals surface area (Å²) in [6.45, 7) is 2.68. The summed E-state index contributed by atoms with van der Waals surface area (Å²) in [6, 6.07) is 12.1. The van der Waals surface area contributed by atoms with Crippen molar-refractivity contribution < 1.29 is 13.9 Å². The number of carbonyl (C=O) groups excluding carboxylic acids is 1. The van der Waals surface area contributed by atoms with E-state index < -0.39 is 0 Å². The summed E-state index contributed by atoms with van der Waals surface area (Å²) in [5.41, 5.74) is 1.79. The third-order valence-electron chi connectivity index (χ3n) is 4.54. The number of halogens is 1. The number of hydrogen-bond acceptors (Lipinski definition) is 5. The lowest BCUT2D eigenvalue weighted by Crippen LogP contribution is -2.48. The zero-order valence-electron chi connectivity index (χ0n) is 14.3. The molecule has 1 aromatic heterocycles. The Kier molecular flexibility index (Phi) is 4.46. The van der Waals surface area contributed by atoms with E-state index in [-0.39, 0.29) is 11.7 Å². The number of anilines is 1. The van der Waals surface area contributed by atoms with Crippen LogP contribution in [-0.2, 0) is 0 Å². The number of carbonyl (C=O) groups is 1. The van der Waals surface area contributed by atoms with E-state index in [0.717, 1.165) is 34.7 Å². The lowest BCUT2D eigenvalue weighted by molar-refractivity contribution is 0.0746. The minimum absolute atomic E-state index is 0.0380. The Balaban J connectivity index is 1.45. The normalized spacial score (nSPS) is 14.7. The maximum atomic E-state index is 13.1. The minimum Gasteiger partial charge on any atom is -0.497 e. The van der Waals surface area contributed by atoms with Gasteiger partial charge in [0.15, 0.2) is 5.01 Å². The van der Waals surface area contributed by atoms with Gasteiger partial charge in [-0.25, -0.2) is 9.37 Å². The topological polar surface area (TPSA) is 45.7 Å². The van der Waals surface area contributed by atoms with Crippen molar-refractivity contribution >= 4 is 33.1 Å². The molecule has 2 aromatic carbocycles. The zero-order valence-corrected chi connectivity index (χ0v) is 15.1. The van der Waals surface area contributed by atoms with Gasteiger partial charge in [-0.2, -0.15) is 0 Å². The number of nitrogens with zero attached hydrogens (tertiary/aromatic N) is 3. The molecule has 0 saturated carbocycles. The van der Waals surface area contributed by atoms with Gasteiger partial charge in [-0.3, -0.25) is 4.79 Å². The monoisotopic (exact) mass is 371 g/mol. The van der Waals surface area contributed by atoms with Crippen LogP contribution in [0.2, 0.25) is 0 Å². The first-order valence-corrected chi connectivity index (χ1v) is 9.20. The second-order valence-corrected chi connectivity index (χ2v) is 7.14. The standard InChI is InChI=1S/C19H18FN3O2S/c1-25-15-6-7-16-17(12-15)26-18(21-16)19(24)23-10-8-22(9-11-23)14-4-2-13(20)3-5-14/h2-7,12H,8-11H2,1H3. The molecule has 1 aliphatic rings. The smallest absolute Gasteiger partial charge is 0.282 e. The van der Waals surface area contributed by atoms with Crippen molar-refractivity contribution in [2.45, 2.75) is 0 Å². The SMILES string of the molecule is COc1ccc2nc(C(=O)N3CCN(c4ccc(F)cc4)CC3)sc2c1. The molecule has 1 amide bonds. The highest BCUT2D eigenvalue weighted by Crippen LogP contribution is 2.27. The maximum absolute atomic E-state index is 13.1. The van der Waals surface area contributed by atoms with Crippen molar-refractivity contribution in [3.8, 4) is 5.75 Å². The molecule has 134 valence electrons. The third-order valence-corrected chi connectivity index (χ3v) is 5.54.